The van der Waals surface area contributed by atoms with Crippen LogP contribution in [0, 0.1) is 13.8 Å². The maximum Gasteiger partial charge on any atom is 0.223 e. The Labute approximate surface area is 175 Å². The quantitative estimate of drug-likeness (QED) is 0.438. The number of carbonyl (C=O) groups is 1. The maximum absolute atomic E-state index is 12.8. The normalized spacial score (nSPS) is 12.0. The summed E-state index contributed by atoms with van der Waals surface area (Å²) in [5.74, 6) is 0.102. The molecule has 2 aromatic heterocycles. The van der Waals surface area contributed by atoms with Gasteiger partial charge in [0.25, 0.3) is 0 Å². The van der Waals surface area contributed by atoms with Crippen molar-refractivity contribution in [1.82, 2.24) is 29.6 Å². The van der Waals surface area contributed by atoms with Gasteiger partial charge in [0.1, 0.15) is 12.7 Å². The van der Waals surface area contributed by atoms with Gasteiger partial charge in [-0.2, -0.15) is 5.10 Å². The Hall–Kier alpha value is -2.74. The van der Waals surface area contributed by atoms with E-state index in [1.54, 1.807) is 15.9 Å². The molecule has 0 aliphatic carbocycles. The van der Waals surface area contributed by atoms with E-state index >= 15 is 0 Å². The summed E-state index contributed by atoms with van der Waals surface area (Å²) < 4.78 is 1.71. The number of rotatable bonds is 7. The lowest BCUT2D eigenvalue weighted by Crippen LogP contribution is -2.30. The molecular formula is C21H26N6OS. The Balaban J connectivity index is 1.64. The van der Waals surface area contributed by atoms with E-state index in [2.05, 4.69) is 20.1 Å². The van der Waals surface area contributed by atoms with Crippen molar-refractivity contribution >= 4 is 17.7 Å². The third kappa shape index (κ3) is 4.82. The van der Waals surface area contributed by atoms with Gasteiger partial charge in [0.05, 0.1) is 11.7 Å². The fourth-order valence-electron chi connectivity index (χ4n) is 3.26. The van der Waals surface area contributed by atoms with Crippen LogP contribution in [-0.2, 0) is 11.2 Å². The van der Waals surface area contributed by atoms with Crippen LogP contribution in [0.5, 0.6) is 0 Å². The average Bonchev–Trinajstić information content (AvgIpc) is 3.26. The lowest BCUT2D eigenvalue weighted by Gasteiger charge is -2.26. The van der Waals surface area contributed by atoms with Gasteiger partial charge in [-0.05, 0) is 56.7 Å². The topological polar surface area (TPSA) is 76.8 Å². The molecule has 8 heteroatoms. The molecular weight excluding hydrogens is 384 g/mol. The van der Waals surface area contributed by atoms with Crippen LogP contribution in [0.4, 0.5) is 0 Å². The molecule has 3 aromatic rings. The third-order valence-corrected chi connectivity index (χ3v) is 5.75. The van der Waals surface area contributed by atoms with Gasteiger partial charge in [-0.3, -0.25) is 4.79 Å². The predicted molar refractivity (Wildman–Crippen MR) is 114 cm³/mol. The smallest absolute Gasteiger partial charge is 0.223 e. The highest BCUT2D eigenvalue weighted by atomic mass is 32.2. The van der Waals surface area contributed by atoms with Crippen LogP contribution in [0.25, 0.3) is 5.69 Å². The summed E-state index contributed by atoms with van der Waals surface area (Å²) in [6.45, 7) is 6.00. The number of aromatic nitrogens is 5. The minimum absolute atomic E-state index is 0.0235. The molecule has 0 bridgehead atoms. The molecule has 29 heavy (non-hydrogen) atoms. The molecule has 0 fully saturated rings. The van der Waals surface area contributed by atoms with Gasteiger partial charge in [0.15, 0.2) is 5.16 Å². The van der Waals surface area contributed by atoms with Crippen LogP contribution < -0.4 is 0 Å². The molecule has 0 aliphatic heterocycles. The van der Waals surface area contributed by atoms with Crippen LogP contribution >= 0.6 is 11.8 Å². The number of aryl methyl sites for hydroxylation is 2. The largest absolute Gasteiger partial charge is 0.339 e. The van der Waals surface area contributed by atoms with Crippen molar-refractivity contribution in [2.24, 2.45) is 0 Å². The molecule has 0 spiro atoms. The number of thioether (sulfide) groups is 1. The van der Waals surface area contributed by atoms with E-state index in [0.29, 0.717) is 12.8 Å². The molecule has 1 amide bonds. The van der Waals surface area contributed by atoms with Gasteiger partial charge in [-0.1, -0.05) is 23.9 Å². The van der Waals surface area contributed by atoms with E-state index in [1.165, 1.54) is 18.1 Å². The van der Waals surface area contributed by atoms with Gasteiger partial charge in [-0.15, -0.1) is 0 Å². The maximum atomic E-state index is 12.8. The summed E-state index contributed by atoms with van der Waals surface area (Å²) in [4.78, 5) is 27.6. The SMILES string of the molecule is CSc1nc(C)c(CCC(=O)N(C)C(C)c2ccc(-n3cncn3)cc2)c(C)n1. The predicted octanol–water partition coefficient (Wildman–Crippen LogP) is 3.55. The van der Waals surface area contributed by atoms with Crippen molar-refractivity contribution in [3.63, 3.8) is 0 Å². The van der Waals surface area contributed by atoms with Gasteiger partial charge in [-0.25, -0.2) is 19.6 Å². The highest BCUT2D eigenvalue weighted by Gasteiger charge is 2.18. The van der Waals surface area contributed by atoms with Crippen molar-refractivity contribution in [1.29, 1.82) is 0 Å². The standard InChI is InChI=1S/C21H26N6OS/c1-14-19(15(2)25-21(24-14)29-5)10-11-20(28)26(4)16(3)17-6-8-18(9-7-17)27-13-22-12-23-27/h6-9,12-13,16H,10-11H2,1-5H3. The molecule has 152 valence electrons. The molecule has 7 nitrogen and oxygen atoms in total. The molecule has 1 atom stereocenters. The first-order valence-corrected chi connectivity index (χ1v) is 10.7. The number of hydrogen-bond donors (Lipinski definition) is 0. The molecule has 1 unspecified atom stereocenters. The highest BCUT2D eigenvalue weighted by molar-refractivity contribution is 7.98. The monoisotopic (exact) mass is 410 g/mol. The number of hydrogen-bond acceptors (Lipinski definition) is 6. The van der Waals surface area contributed by atoms with E-state index < -0.39 is 0 Å². The van der Waals surface area contributed by atoms with E-state index in [9.17, 15) is 4.79 Å². The fraction of sp³-hybridized carbons (Fsp3) is 0.381. The van der Waals surface area contributed by atoms with Crippen molar-refractivity contribution in [3.05, 3.63) is 59.4 Å². The Morgan fingerprint density at radius 1 is 1.17 bits per heavy atom. The molecule has 0 aliphatic rings. The van der Waals surface area contributed by atoms with Crippen LogP contribution in [0.3, 0.4) is 0 Å². The summed E-state index contributed by atoms with van der Waals surface area (Å²) in [5.41, 5.74) is 4.98. The first-order chi connectivity index (χ1) is 13.9. The van der Waals surface area contributed by atoms with Crippen LogP contribution in [0.15, 0.2) is 42.1 Å². The zero-order valence-electron chi connectivity index (χ0n) is 17.5. The molecule has 3 rings (SSSR count). The van der Waals surface area contributed by atoms with E-state index in [0.717, 1.165) is 33.4 Å². The number of carbonyl (C=O) groups excluding carboxylic acids is 1. The van der Waals surface area contributed by atoms with E-state index in [4.69, 9.17) is 0 Å². The molecule has 2 heterocycles. The molecule has 0 saturated heterocycles. The van der Waals surface area contributed by atoms with Gasteiger partial charge in [0.2, 0.25) is 5.91 Å². The van der Waals surface area contributed by atoms with Crippen LogP contribution in [-0.4, -0.2) is 48.8 Å². The zero-order chi connectivity index (χ0) is 21.0. The van der Waals surface area contributed by atoms with Gasteiger partial charge >= 0.3 is 0 Å². The molecule has 0 saturated carbocycles. The van der Waals surface area contributed by atoms with E-state index in [-0.39, 0.29) is 11.9 Å². The Morgan fingerprint density at radius 3 is 2.38 bits per heavy atom. The number of nitrogens with zero attached hydrogens (tertiary/aromatic N) is 6. The Kier molecular flexibility index (Phi) is 6.64. The Morgan fingerprint density at radius 2 is 1.83 bits per heavy atom. The van der Waals surface area contributed by atoms with Crippen LogP contribution in [0.2, 0.25) is 0 Å². The summed E-state index contributed by atoms with van der Waals surface area (Å²) in [6, 6.07) is 7.99. The summed E-state index contributed by atoms with van der Waals surface area (Å²) >= 11 is 1.53. The number of benzene rings is 1. The van der Waals surface area contributed by atoms with Crippen molar-refractivity contribution in [3.8, 4) is 5.69 Å². The molecule has 0 N–H and O–H groups in total. The lowest BCUT2D eigenvalue weighted by atomic mass is 10.0. The fourth-order valence-corrected chi connectivity index (χ4v) is 3.71. The van der Waals surface area contributed by atoms with Gasteiger partial charge in [0, 0.05) is 24.9 Å². The second-order valence-corrected chi connectivity index (χ2v) is 7.75. The summed E-state index contributed by atoms with van der Waals surface area (Å²) in [5, 5.41) is 4.91. The lowest BCUT2D eigenvalue weighted by molar-refractivity contribution is -0.131. The van der Waals surface area contributed by atoms with Gasteiger partial charge < -0.3 is 4.90 Å². The molecule has 0 radical (unpaired) electrons. The summed E-state index contributed by atoms with van der Waals surface area (Å²) in [7, 11) is 1.85. The molecule has 1 aromatic carbocycles. The first kappa shape index (κ1) is 21.0. The average molecular weight is 411 g/mol. The van der Waals surface area contributed by atoms with E-state index in [1.807, 2.05) is 58.3 Å². The first-order valence-electron chi connectivity index (χ1n) is 9.49. The highest BCUT2D eigenvalue weighted by Crippen LogP contribution is 2.22. The zero-order valence-corrected chi connectivity index (χ0v) is 18.3. The van der Waals surface area contributed by atoms with Crippen LogP contribution in [0.1, 0.15) is 41.9 Å². The minimum atomic E-state index is -0.0235. The second kappa shape index (κ2) is 9.17. The van der Waals surface area contributed by atoms with Crippen molar-refractivity contribution < 1.29 is 4.79 Å². The van der Waals surface area contributed by atoms with Crippen molar-refractivity contribution in [2.75, 3.05) is 13.3 Å². The second-order valence-electron chi connectivity index (χ2n) is 6.97. The number of amides is 1. The minimum Gasteiger partial charge on any atom is -0.339 e. The van der Waals surface area contributed by atoms with Crippen molar-refractivity contribution in [2.45, 2.75) is 44.8 Å². The third-order valence-electron chi connectivity index (χ3n) is 5.20. The summed E-state index contributed by atoms with van der Waals surface area (Å²) in [6.07, 6.45) is 6.21. The Bertz CT molecular complexity index is 948.